The Labute approximate surface area is 211 Å². The third-order valence-electron chi connectivity index (χ3n) is 7.14. The molecule has 0 aliphatic carbocycles. The summed E-state index contributed by atoms with van der Waals surface area (Å²) in [5.41, 5.74) is 27.3. The van der Waals surface area contributed by atoms with Crippen molar-refractivity contribution in [2.75, 3.05) is 11.5 Å². The first-order valence-corrected chi connectivity index (χ1v) is 12.7. The molecule has 0 amide bonds. The molecule has 0 aliphatic heterocycles. The van der Waals surface area contributed by atoms with Crippen LogP contribution >= 0.6 is 0 Å². The van der Waals surface area contributed by atoms with Gasteiger partial charge in [0.1, 0.15) is 0 Å². The first-order valence-electron chi connectivity index (χ1n) is 12.7. The van der Waals surface area contributed by atoms with Crippen molar-refractivity contribution in [1.82, 2.24) is 0 Å². The normalized spacial score (nSPS) is 11.1. The average Bonchev–Trinajstić information content (AvgIpc) is 2.80. The van der Waals surface area contributed by atoms with Gasteiger partial charge in [-0.15, -0.1) is 0 Å². The van der Waals surface area contributed by atoms with E-state index in [9.17, 15) is 0 Å². The van der Waals surface area contributed by atoms with E-state index in [2.05, 4.69) is 76.2 Å². The van der Waals surface area contributed by atoms with Gasteiger partial charge in [0.2, 0.25) is 0 Å². The van der Waals surface area contributed by atoms with E-state index in [4.69, 9.17) is 11.5 Å². The zero-order chi connectivity index (χ0) is 24.9. The van der Waals surface area contributed by atoms with E-state index >= 15 is 0 Å². The molecule has 4 rings (SSSR count). The summed E-state index contributed by atoms with van der Waals surface area (Å²) < 4.78 is 0. The molecule has 2 heteroatoms. The van der Waals surface area contributed by atoms with Crippen molar-refractivity contribution in [3.05, 3.63) is 128 Å². The molecule has 0 spiro atoms. The molecule has 0 saturated heterocycles. The van der Waals surface area contributed by atoms with E-state index in [1.165, 1.54) is 55.6 Å². The maximum atomic E-state index is 5.83. The van der Waals surface area contributed by atoms with Crippen LogP contribution < -0.4 is 11.5 Å². The van der Waals surface area contributed by atoms with Crippen LogP contribution in [0.4, 0.5) is 11.4 Å². The molecule has 0 radical (unpaired) electrons. The van der Waals surface area contributed by atoms with Crippen molar-refractivity contribution >= 4 is 11.4 Å². The highest BCUT2D eigenvalue weighted by Gasteiger charge is 2.10. The number of anilines is 2. The van der Waals surface area contributed by atoms with Gasteiger partial charge in [0, 0.05) is 11.4 Å². The molecule has 180 valence electrons. The highest BCUT2D eigenvalue weighted by Crippen LogP contribution is 2.24. The Morgan fingerprint density at radius 1 is 0.457 bits per heavy atom. The van der Waals surface area contributed by atoms with Gasteiger partial charge < -0.3 is 11.5 Å². The van der Waals surface area contributed by atoms with E-state index < -0.39 is 0 Å². The number of aryl methyl sites for hydroxylation is 4. The van der Waals surface area contributed by atoms with Crippen molar-refractivity contribution in [2.45, 2.75) is 59.8 Å². The summed E-state index contributed by atoms with van der Waals surface area (Å²) in [6.07, 6.45) is 5.29. The van der Waals surface area contributed by atoms with Gasteiger partial charge in [-0.3, -0.25) is 0 Å². The van der Waals surface area contributed by atoms with Crippen LogP contribution in [-0.2, 0) is 25.7 Å². The Kier molecular flexibility index (Phi) is 7.60. The lowest BCUT2D eigenvalue weighted by Gasteiger charge is -2.16. The second kappa shape index (κ2) is 10.8. The van der Waals surface area contributed by atoms with Crippen molar-refractivity contribution in [3.63, 3.8) is 0 Å². The molecule has 0 heterocycles. The van der Waals surface area contributed by atoms with Crippen LogP contribution in [0.2, 0.25) is 0 Å². The Morgan fingerprint density at radius 2 is 0.771 bits per heavy atom. The second-order valence-electron chi connectivity index (χ2n) is 10.1. The van der Waals surface area contributed by atoms with Crippen molar-refractivity contribution < 1.29 is 0 Å². The number of nitrogen functional groups attached to an aromatic ring is 2. The number of hydrogen-bond donors (Lipinski definition) is 2. The minimum atomic E-state index is 0.818. The number of nitrogens with two attached hydrogens (primary N) is 2. The summed E-state index contributed by atoms with van der Waals surface area (Å²) >= 11 is 0. The molecule has 0 unspecified atom stereocenters. The van der Waals surface area contributed by atoms with Gasteiger partial charge in [0.05, 0.1) is 0 Å². The summed E-state index contributed by atoms with van der Waals surface area (Å²) in [6.45, 7) is 9.04. The summed E-state index contributed by atoms with van der Waals surface area (Å²) in [7, 11) is 0. The van der Waals surface area contributed by atoms with E-state index in [0.29, 0.717) is 0 Å². The van der Waals surface area contributed by atoms with Crippen LogP contribution in [0.3, 0.4) is 0 Å². The molecule has 4 aromatic rings. The van der Waals surface area contributed by atoms with Crippen LogP contribution in [0.25, 0.3) is 0 Å². The third-order valence-corrected chi connectivity index (χ3v) is 7.14. The number of benzene rings is 4. The van der Waals surface area contributed by atoms with Crippen LogP contribution in [0, 0.1) is 27.7 Å². The SMILES string of the molecule is Cc1cc(Cc2ccc(N)cc2)cc(C)c1CCCc1c(C)cc(Cc2ccc(N)cc2)cc1C. The van der Waals surface area contributed by atoms with Gasteiger partial charge in [-0.05, 0) is 140 Å². The largest absolute Gasteiger partial charge is 0.399 e. The molecule has 0 aliphatic rings. The molecular weight excluding hydrogens is 424 g/mol. The highest BCUT2D eigenvalue weighted by molar-refractivity contribution is 5.45. The molecule has 0 bridgehead atoms. The Balaban J connectivity index is 1.40. The molecular formula is C33H38N2. The molecule has 4 aromatic carbocycles. The average molecular weight is 463 g/mol. The maximum absolute atomic E-state index is 5.83. The quantitative estimate of drug-likeness (QED) is 0.267. The molecule has 4 N–H and O–H groups in total. The van der Waals surface area contributed by atoms with Crippen molar-refractivity contribution in [1.29, 1.82) is 0 Å². The smallest absolute Gasteiger partial charge is 0.0314 e. The standard InChI is InChI=1S/C33H38N2/c1-22-16-28(20-26-8-12-30(34)13-9-26)17-23(2)32(22)6-5-7-33-24(3)18-29(19-25(33)4)21-27-10-14-31(35)15-11-27/h8-19H,5-7,20-21,34-35H2,1-4H3. The number of hydrogen-bond acceptors (Lipinski definition) is 2. The van der Waals surface area contributed by atoms with Crippen LogP contribution in [0.15, 0.2) is 72.8 Å². The summed E-state index contributed by atoms with van der Waals surface area (Å²) in [5.74, 6) is 0. The van der Waals surface area contributed by atoms with Gasteiger partial charge >= 0.3 is 0 Å². The first kappa shape index (κ1) is 24.6. The summed E-state index contributed by atoms with van der Waals surface area (Å²) in [6, 6.07) is 25.9. The van der Waals surface area contributed by atoms with Crippen LogP contribution in [0.5, 0.6) is 0 Å². The van der Waals surface area contributed by atoms with Gasteiger partial charge in [0.25, 0.3) is 0 Å². The molecule has 0 fully saturated rings. The molecule has 35 heavy (non-hydrogen) atoms. The van der Waals surface area contributed by atoms with E-state index in [0.717, 1.165) is 43.5 Å². The van der Waals surface area contributed by atoms with E-state index in [-0.39, 0.29) is 0 Å². The molecule has 2 nitrogen and oxygen atoms in total. The molecule has 0 atom stereocenters. The first-order chi connectivity index (χ1) is 16.8. The zero-order valence-corrected chi connectivity index (χ0v) is 21.6. The van der Waals surface area contributed by atoms with Gasteiger partial charge in [-0.1, -0.05) is 48.5 Å². The van der Waals surface area contributed by atoms with Gasteiger partial charge in [-0.2, -0.15) is 0 Å². The number of rotatable bonds is 8. The monoisotopic (exact) mass is 462 g/mol. The predicted octanol–water partition coefficient (Wildman–Crippen LogP) is 7.44. The second-order valence-corrected chi connectivity index (χ2v) is 10.1. The minimum Gasteiger partial charge on any atom is -0.399 e. The Hall–Kier alpha value is -3.52. The van der Waals surface area contributed by atoms with E-state index in [1.54, 1.807) is 0 Å². The lowest BCUT2D eigenvalue weighted by atomic mass is 9.90. The molecule has 0 saturated carbocycles. The topological polar surface area (TPSA) is 52.0 Å². The maximum Gasteiger partial charge on any atom is 0.0314 e. The minimum absolute atomic E-state index is 0.818. The lowest BCUT2D eigenvalue weighted by Crippen LogP contribution is -2.02. The zero-order valence-electron chi connectivity index (χ0n) is 21.6. The fourth-order valence-electron chi connectivity index (χ4n) is 5.34. The Bertz CT molecular complexity index is 1150. The highest BCUT2D eigenvalue weighted by atomic mass is 14.5. The van der Waals surface area contributed by atoms with Crippen LogP contribution in [0.1, 0.15) is 62.1 Å². The lowest BCUT2D eigenvalue weighted by molar-refractivity contribution is 0.801. The Morgan fingerprint density at radius 3 is 1.09 bits per heavy atom. The fourth-order valence-corrected chi connectivity index (χ4v) is 5.34. The van der Waals surface area contributed by atoms with Crippen molar-refractivity contribution in [2.24, 2.45) is 0 Å². The van der Waals surface area contributed by atoms with Gasteiger partial charge in [-0.25, -0.2) is 0 Å². The predicted molar refractivity (Wildman–Crippen MR) is 151 cm³/mol. The summed E-state index contributed by atoms with van der Waals surface area (Å²) in [4.78, 5) is 0. The van der Waals surface area contributed by atoms with Crippen LogP contribution in [-0.4, -0.2) is 0 Å². The summed E-state index contributed by atoms with van der Waals surface area (Å²) in [5, 5.41) is 0. The molecule has 0 aromatic heterocycles. The van der Waals surface area contributed by atoms with E-state index in [1.807, 2.05) is 24.3 Å². The fraction of sp³-hybridized carbons (Fsp3) is 0.273. The third kappa shape index (κ3) is 6.33. The van der Waals surface area contributed by atoms with Gasteiger partial charge in [0.15, 0.2) is 0 Å². The van der Waals surface area contributed by atoms with Crippen molar-refractivity contribution in [3.8, 4) is 0 Å².